The highest BCUT2D eigenvalue weighted by atomic mass is 16.2. The third-order valence-corrected chi connectivity index (χ3v) is 3.88. The third kappa shape index (κ3) is 3.62. The minimum absolute atomic E-state index is 0.216. The lowest BCUT2D eigenvalue weighted by Gasteiger charge is -2.19. The fourth-order valence-electron chi connectivity index (χ4n) is 2.59. The summed E-state index contributed by atoms with van der Waals surface area (Å²) in [6.45, 7) is -0.216. The Hall–Kier alpha value is -3.30. The highest BCUT2D eigenvalue weighted by molar-refractivity contribution is 5.89. The van der Waals surface area contributed by atoms with Crippen molar-refractivity contribution in [3.8, 4) is 0 Å². The highest BCUT2D eigenvalue weighted by Gasteiger charge is 2.45. The molecule has 2 aliphatic rings. The van der Waals surface area contributed by atoms with E-state index in [1.165, 1.54) is 11.1 Å². The van der Waals surface area contributed by atoms with Gasteiger partial charge in [0.1, 0.15) is 18.9 Å². The van der Waals surface area contributed by atoms with Gasteiger partial charge < -0.3 is 20.9 Å². The van der Waals surface area contributed by atoms with Gasteiger partial charge in [0.15, 0.2) is 0 Å². The zero-order valence-electron chi connectivity index (χ0n) is 13.8. The molecule has 0 aliphatic carbocycles. The molecule has 0 unspecified atom stereocenters. The van der Waals surface area contributed by atoms with Gasteiger partial charge >= 0.3 is 12.1 Å². The summed E-state index contributed by atoms with van der Waals surface area (Å²) in [5.74, 6) is -0.460. The van der Waals surface area contributed by atoms with Gasteiger partial charge in [-0.2, -0.15) is 5.10 Å². The van der Waals surface area contributed by atoms with Gasteiger partial charge in [0.05, 0.1) is 6.21 Å². The molecule has 2 aliphatic heterocycles. The smallest absolute Gasteiger partial charge is 0.321 e. The normalized spacial score (nSPS) is 21.6. The minimum atomic E-state index is -0.590. The molecule has 2 fully saturated rings. The molecule has 1 aromatic carbocycles. The van der Waals surface area contributed by atoms with Gasteiger partial charge in [0.2, 0.25) is 0 Å². The number of carbonyl (C=O) groups is 3. The topological polar surface area (TPSA) is 118 Å². The Balaban J connectivity index is 1.52. The Morgan fingerprint density at radius 3 is 2.64 bits per heavy atom. The maximum absolute atomic E-state index is 12.0. The van der Waals surface area contributed by atoms with E-state index in [0.717, 1.165) is 11.3 Å². The van der Waals surface area contributed by atoms with Gasteiger partial charge in [-0.15, -0.1) is 0 Å². The number of benzene rings is 1. The predicted molar refractivity (Wildman–Crippen MR) is 91.0 cm³/mol. The van der Waals surface area contributed by atoms with Crippen molar-refractivity contribution in [1.82, 2.24) is 26.3 Å². The van der Waals surface area contributed by atoms with Crippen LogP contribution in [0.4, 0.5) is 15.3 Å². The van der Waals surface area contributed by atoms with Crippen LogP contribution in [-0.4, -0.2) is 62.1 Å². The summed E-state index contributed by atoms with van der Waals surface area (Å²) in [4.78, 5) is 38.3. The summed E-state index contributed by atoms with van der Waals surface area (Å²) >= 11 is 0. The van der Waals surface area contributed by atoms with E-state index in [-0.39, 0.29) is 12.6 Å². The maximum Gasteiger partial charge on any atom is 0.321 e. The standard InChI is InChI=1S/C15H19N7O3/c1-21(2)10-5-3-9(4-6-10)7-16-20-11(23)8-22-13-12(18-15(22)25)17-14(24)19-13/h3-7,12-13H,8H2,1-2H3,(H,18,25)(H,20,23)(H2,17,19,24)/b16-7-/t12-,13-/m0/s1. The fourth-order valence-corrected chi connectivity index (χ4v) is 2.59. The Bertz CT molecular complexity index is 716. The van der Waals surface area contributed by atoms with E-state index >= 15 is 0 Å². The van der Waals surface area contributed by atoms with Crippen LogP contribution in [0.1, 0.15) is 5.56 Å². The van der Waals surface area contributed by atoms with E-state index in [0.29, 0.717) is 0 Å². The molecule has 4 N–H and O–H groups in total. The molecule has 2 saturated heterocycles. The van der Waals surface area contributed by atoms with Crippen molar-refractivity contribution in [2.24, 2.45) is 5.10 Å². The van der Waals surface area contributed by atoms with Crippen LogP contribution in [0.3, 0.4) is 0 Å². The van der Waals surface area contributed by atoms with Crippen LogP contribution in [0.5, 0.6) is 0 Å². The van der Waals surface area contributed by atoms with Gasteiger partial charge in [-0.3, -0.25) is 9.69 Å². The van der Waals surface area contributed by atoms with Crippen molar-refractivity contribution >= 4 is 29.9 Å². The van der Waals surface area contributed by atoms with Crippen LogP contribution in [0.25, 0.3) is 0 Å². The van der Waals surface area contributed by atoms with Crippen molar-refractivity contribution < 1.29 is 14.4 Å². The molecule has 5 amide bonds. The summed E-state index contributed by atoms with van der Waals surface area (Å²) in [5.41, 5.74) is 4.26. The van der Waals surface area contributed by atoms with Crippen molar-refractivity contribution in [3.63, 3.8) is 0 Å². The van der Waals surface area contributed by atoms with Gasteiger partial charge in [-0.05, 0) is 17.7 Å². The van der Waals surface area contributed by atoms with Crippen LogP contribution in [0.15, 0.2) is 29.4 Å². The first-order chi connectivity index (χ1) is 11.9. The molecule has 10 nitrogen and oxygen atoms in total. The number of hydrogen-bond acceptors (Lipinski definition) is 5. The van der Waals surface area contributed by atoms with Crippen LogP contribution in [0.2, 0.25) is 0 Å². The Labute approximate surface area is 144 Å². The van der Waals surface area contributed by atoms with Gasteiger partial charge in [0.25, 0.3) is 5.91 Å². The number of nitrogens with zero attached hydrogens (tertiary/aromatic N) is 3. The van der Waals surface area contributed by atoms with Crippen LogP contribution in [-0.2, 0) is 4.79 Å². The number of carbonyl (C=O) groups excluding carboxylic acids is 3. The Kier molecular flexibility index (Phi) is 4.42. The van der Waals surface area contributed by atoms with E-state index in [1.807, 2.05) is 43.3 Å². The number of nitrogens with one attached hydrogen (secondary N) is 4. The zero-order chi connectivity index (χ0) is 18.0. The second-order valence-electron chi connectivity index (χ2n) is 5.90. The number of urea groups is 2. The molecule has 2 heterocycles. The Morgan fingerprint density at radius 1 is 1.24 bits per heavy atom. The number of anilines is 1. The lowest BCUT2D eigenvalue weighted by Crippen LogP contribution is -2.47. The van der Waals surface area contributed by atoms with E-state index in [1.54, 1.807) is 0 Å². The van der Waals surface area contributed by atoms with E-state index in [2.05, 4.69) is 26.5 Å². The van der Waals surface area contributed by atoms with E-state index in [9.17, 15) is 14.4 Å². The van der Waals surface area contributed by atoms with Crippen LogP contribution in [0, 0.1) is 0 Å². The summed E-state index contributed by atoms with van der Waals surface area (Å²) in [6, 6.07) is 6.81. The molecule has 132 valence electrons. The summed E-state index contributed by atoms with van der Waals surface area (Å²) in [5, 5.41) is 11.6. The average Bonchev–Trinajstić information content (AvgIpc) is 3.05. The zero-order valence-corrected chi connectivity index (χ0v) is 13.8. The van der Waals surface area contributed by atoms with E-state index in [4.69, 9.17) is 0 Å². The highest BCUT2D eigenvalue weighted by Crippen LogP contribution is 2.13. The number of fused-ring (bicyclic) bond motifs is 1. The maximum atomic E-state index is 12.0. The quantitative estimate of drug-likeness (QED) is 0.412. The summed E-state index contributed by atoms with van der Waals surface area (Å²) < 4.78 is 0. The molecule has 0 aromatic heterocycles. The lowest BCUT2D eigenvalue weighted by molar-refractivity contribution is -0.121. The molecular formula is C15H19N7O3. The van der Waals surface area contributed by atoms with Crippen LogP contribution >= 0.6 is 0 Å². The molecule has 2 atom stereocenters. The summed E-state index contributed by atoms with van der Waals surface area (Å²) in [6.07, 6.45) is 0.392. The molecule has 25 heavy (non-hydrogen) atoms. The first-order valence-electron chi connectivity index (χ1n) is 7.67. The third-order valence-electron chi connectivity index (χ3n) is 3.88. The number of rotatable bonds is 5. The second-order valence-corrected chi connectivity index (χ2v) is 5.90. The van der Waals surface area contributed by atoms with Crippen molar-refractivity contribution in [2.75, 3.05) is 25.5 Å². The lowest BCUT2D eigenvalue weighted by atomic mass is 10.2. The van der Waals surface area contributed by atoms with E-state index < -0.39 is 24.3 Å². The van der Waals surface area contributed by atoms with Crippen molar-refractivity contribution in [2.45, 2.75) is 12.3 Å². The van der Waals surface area contributed by atoms with Gasteiger partial charge in [0, 0.05) is 19.8 Å². The first kappa shape index (κ1) is 16.6. The predicted octanol–water partition coefficient (Wildman–Crippen LogP) is -0.807. The fraction of sp³-hybridized carbons (Fsp3) is 0.333. The average molecular weight is 345 g/mol. The number of amides is 5. The first-order valence-corrected chi connectivity index (χ1v) is 7.67. The molecule has 0 spiro atoms. The molecule has 0 saturated carbocycles. The molecule has 1 aromatic rings. The molecule has 0 radical (unpaired) electrons. The van der Waals surface area contributed by atoms with Crippen molar-refractivity contribution in [3.05, 3.63) is 29.8 Å². The Morgan fingerprint density at radius 2 is 1.96 bits per heavy atom. The molecule has 3 rings (SSSR count). The SMILES string of the molecule is CN(C)c1ccc(/C=N\NC(=O)CN2C(=O)N[C@@H]3NC(=O)N[C@H]32)cc1. The largest absolute Gasteiger partial charge is 0.378 e. The van der Waals surface area contributed by atoms with Crippen LogP contribution < -0.4 is 26.3 Å². The second kappa shape index (κ2) is 6.67. The number of hydrogen-bond donors (Lipinski definition) is 4. The number of hydrazone groups is 1. The van der Waals surface area contributed by atoms with Crippen molar-refractivity contribution in [1.29, 1.82) is 0 Å². The molecular weight excluding hydrogens is 326 g/mol. The molecule has 0 bridgehead atoms. The van der Waals surface area contributed by atoms with Gasteiger partial charge in [-0.1, -0.05) is 12.1 Å². The minimum Gasteiger partial charge on any atom is -0.378 e. The van der Waals surface area contributed by atoms with Gasteiger partial charge in [-0.25, -0.2) is 15.0 Å². The monoisotopic (exact) mass is 345 g/mol. The summed E-state index contributed by atoms with van der Waals surface area (Å²) in [7, 11) is 3.90. The molecule has 10 heteroatoms.